The van der Waals surface area contributed by atoms with Crippen molar-refractivity contribution in [2.45, 2.75) is 31.2 Å². The molecule has 26 heavy (non-hydrogen) atoms. The minimum absolute atomic E-state index is 0.116. The Morgan fingerprint density at radius 2 is 1.96 bits per heavy atom. The summed E-state index contributed by atoms with van der Waals surface area (Å²) in [6.45, 7) is 5.37. The van der Waals surface area contributed by atoms with Crippen molar-refractivity contribution < 1.29 is 9.59 Å². The molecule has 2 rings (SSSR count). The Labute approximate surface area is 161 Å². The molecule has 2 aromatic rings. The number of rotatable bonds is 9. The molecule has 0 saturated carbocycles. The van der Waals surface area contributed by atoms with Crippen LogP contribution in [0.4, 0.5) is 9.93 Å². The maximum atomic E-state index is 11.8. The molecule has 3 N–H and O–H groups in total. The third-order valence-electron chi connectivity index (χ3n) is 3.28. The van der Waals surface area contributed by atoms with Crippen LogP contribution >= 0.6 is 23.1 Å². The number of urea groups is 1. The van der Waals surface area contributed by atoms with Crippen molar-refractivity contribution >= 4 is 40.2 Å². The molecule has 0 aliphatic rings. The SMILES string of the molecule is CC(C)CCNC(=O)NC(=O)CSc1nnc(NCc2ccccc2)s1. The van der Waals surface area contributed by atoms with E-state index in [1.54, 1.807) is 0 Å². The Morgan fingerprint density at radius 1 is 1.19 bits per heavy atom. The third-order valence-corrected chi connectivity index (χ3v) is 5.29. The van der Waals surface area contributed by atoms with Crippen LogP contribution in [-0.4, -0.2) is 34.4 Å². The maximum absolute atomic E-state index is 11.8. The Kier molecular flexibility index (Phi) is 8.36. The number of benzene rings is 1. The van der Waals surface area contributed by atoms with Crippen molar-refractivity contribution in [2.24, 2.45) is 5.92 Å². The minimum Gasteiger partial charge on any atom is -0.356 e. The van der Waals surface area contributed by atoms with Gasteiger partial charge in [-0.15, -0.1) is 10.2 Å². The standard InChI is InChI=1S/C17H23N5O2S2/c1-12(2)8-9-18-15(24)20-14(23)11-25-17-22-21-16(26-17)19-10-13-6-4-3-5-7-13/h3-7,12H,8-11H2,1-2H3,(H,19,21)(H2,18,20,23,24). The smallest absolute Gasteiger partial charge is 0.321 e. The fourth-order valence-electron chi connectivity index (χ4n) is 1.92. The molecule has 140 valence electrons. The number of thioether (sulfide) groups is 1. The molecule has 0 spiro atoms. The zero-order valence-corrected chi connectivity index (χ0v) is 16.5. The number of aromatic nitrogens is 2. The molecule has 0 unspecified atom stereocenters. The van der Waals surface area contributed by atoms with Crippen LogP contribution in [0.3, 0.4) is 0 Å². The summed E-state index contributed by atoms with van der Waals surface area (Å²) in [5, 5.41) is 17.0. The number of anilines is 1. The van der Waals surface area contributed by atoms with Gasteiger partial charge < -0.3 is 10.6 Å². The molecule has 0 radical (unpaired) electrons. The lowest BCUT2D eigenvalue weighted by Crippen LogP contribution is -2.40. The molecule has 9 heteroatoms. The second-order valence-electron chi connectivity index (χ2n) is 5.99. The summed E-state index contributed by atoms with van der Waals surface area (Å²) in [5.74, 6) is 0.264. The summed E-state index contributed by atoms with van der Waals surface area (Å²) in [6, 6.07) is 9.53. The molecule has 3 amide bonds. The van der Waals surface area contributed by atoms with Crippen LogP contribution in [0.25, 0.3) is 0 Å². The highest BCUT2D eigenvalue weighted by atomic mass is 32.2. The molecule has 0 aliphatic heterocycles. The van der Waals surface area contributed by atoms with Crippen molar-refractivity contribution in [1.29, 1.82) is 0 Å². The van der Waals surface area contributed by atoms with E-state index in [1.807, 2.05) is 30.3 Å². The van der Waals surface area contributed by atoms with Gasteiger partial charge in [-0.25, -0.2) is 4.79 Å². The number of amides is 3. The van der Waals surface area contributed by atoms with Gasteiger partial charge in [0.05, 0.1) is 5.75 Å². The molecule has 0 saturated heterocycles. The van der Waals surface area contributed by atoms with Crippen LogP contribution in [-0.2, 0) is 11.3 Å². The van der Waals surface area contributed by atoms with Crippen molar-refractivity contribution in [1.82, 2.24) is 20.8 Å². The highest BCUT2D eigenvalue weighted by Crippen LogP contribution is 2.25. The third kappa shape index (κ3) is 7.83. The summed E-state index contributed by atoms with van der Waals surface area (Å²) in [7, 11) is 0. The Balaban J connectivity index is 1.67. The first-order chi connectivity index (χ1) is 12.5. The van der Waals surface area contributed by atoms with Crippen LogP contribution in [0, 0.1) is 5.92 Å². The van der Waals surface area contributed by atoms with Crippen molar-refractivity contribution in [2.75, 3.05) is 17.6 Å². The molecular weight excluding hydrogens is 370 g/mol. The summed E-state index contributed by atoms with van der Waals surface area (Å²) in [6.07, 6.45) is 0.875. The molecule has 0 fully saturated rings. The normalized spacial score (nSPS) is 10.6. The zero-order valence-electron chi connectivity index (χ0n) is 14.8. The van der Waals surface area contributed by atoms with E-state index >= 15 is 0 Å². The van der Waals surface area contributed by atoms with Gasteiger partial charge in [0.15, 0.2) is 4.34 Å². The second kappa shape index (κ2) is 10.8. The number of carbonyl (C=O) groups excluding carboxylic acids is 2. The quantitative estimate of drug-likeness (QED) is 0.567. The van der Waals surface area contributed by atoms with E-state index < -0.39 is 6.03 Å². The minimum atomic E-state index is -0.460. The largest absolute Gasteiger partial charge is 0.356 e. The first kappa shape index (κ1) is 20.2. The number of hydrogen-bond acceptors (Lipinski definition) is 7. The van der Waals surface area contributed by atoms with Gasteiger partial charge in [0.2, 0.25) is 11.0 Å². The van der Waals surface area contributed by atoms with Crippen LogP contribution in [0.5, 0.6) is 0 Å². The lowest BCUT2D eigenvalue weighted by Gasteiger charge is -2.07. The van der Waals surface area contributed by atoms with E-state index in [-0.39, 0.29) is 11.7 Å². The van der Waals surface area contributed by atoms with E-state index in [0.29, 0.717) is 28.5 Å². The first-order valence-corrected chi connectivity index (χ1v) is 10.1. The van der Waals surface area contributed by atoms with Crippen molar-refractivity contribution in [3.8, 4) is 0 Å². The summed E-state index contributed by atoms with van der Waals surface area (Å²) < 4.78 is 0.677. The molecule has 1 aromatic carbocycles. The van der Waals surface area contributed by atoms with Gasteiger partial charge in [-0.05, 0) is 17.9 Å². The molecule has 0 atom stereocenters. The zero-order chi connectivity index (χ0) is 18.8. The van der Waals surface area contributed by atoms with Gasteiger partial charge in [0, 0.05) is 13.1 Å². The maximum Gasteiger partial charge on any atom is 0.321 e. The number of hydrogen-bond donors (Lipinski definition) is 3. The van der Waals surface area contributed by atoms with E-state index in [4.69, 9.17) is 0 Å². The molecule has 0 bridgehead atoms. The average molecular weight is 394 g/mol. The topological polar surface area (TPSA) is 96.0 Å². The van der Waals surface area contributed by atoms with Crippen molar-refractivity contribution in [3.63, 3.8) is 0 Å². The molecular formula is C17H23N5O2S2. The second-order valence-corrected chi connectivity index (χ2v) is 8.19. The van der Waals surface area contributed by atoms with Crippen LogP contribution in [0.1, 0.15) is 25.8 Å². The molecule has 1 heterocycles. The fraction of sp³-hybridized carbons (Fsp3) is 0.412. The van der Waals surface area contributed by atoms with Gasteiger partial charge in [0.25, 0.3) is 0 Å². The number of nitrogens with zero attached hydrogens (tertiary/aromatic N) is 2. The van der Waals surface area contributed by atoms with Crippen molar-refractivity contribution in [3.05, 3.63) is 35.9 Å². The molecule has 7 nitrogen and oxygen atoms in total. The monoisotopic (exact) mass is 393 g/mol. The van der Waals surface area contributed by atoms with E-state index in [9.17, 15) is 9.59 Å². The number of carbonyl (C=O) groups is 2. The number of imide groups is 1. The van der Waals surface area contributed by atoms with E-state index in [1.165, 1.54) is 23.1 Å². The van der Waals surface area contributed by atoms with Gasteiger partial charge in [-0.1, -0.05) is 67.3 Å². The predicted molar refractivity (Wildman–Crippen MR) is 105 cm³/mol. The number of nitrogens with one attached hydrogen (secondary N) is 3. The Hall–Kier alpha value is -2.13. The van der Waals surface area contributed by atoms with Gasteiger partial charge >= 0.3 is 6.03 Å². The highest BCUT2D eigenvalue weighted by Gasteiger charge is 2.11. The van der Waals surface area contributed by atoms with Crippen LogP contribution in [0.15, 0.2) is 34.7 Å². The summed E-state index contributed by atoms with van der Waals surface area (Å²) in [5.41, 5.74) is 1.15. The Bertz CT molecular complexity index is 706. The summed E-state index contributed by atoms with van der Waals surface area (Å²) in [4.78, 5) is 23.4. The lowest BCUT2D eigenvalue weighted by atomic mass is 10.1. The average Bonchev–Trinajstić information content (AvgIpc) is 3.07. The van der Waals surface area contributed by atoms with Gasteiger partial charge in [-0.3, -0.25) is 10.1 Å². The van der Waals surface area contributed by atoms with Gasteiger partial charge in [-0.2, -0.15) is 0 Å². The van der Waals surface area contributed by atoms with E-state index in [2.05, 4.69) is 40.0 Å². The molecule has 0 aliphatic carbocycles. The summed E-state index contributed by atoms with van der Waals surface area (Å²) >= 11 is 2.63. The Morgan fingerprint density at radius 3 is 2.69 bits per heavy atom. The van der Waals surface area contributed by atoms with Crippen LogP contribution < -0.4 is 16.0 Å². The molecule has 1 aromatic heterocycles. The van der Waals surface area contributed by atoms with Gasteiger partial charge in [0.1, 0.15) is 0 Å². The lowest BCUT2D eigenvalue weighted by molar-refractivity contribution is -0.117. The highest BCUT2D eigenvalue weighted by molar-refractivity contribution is 8.01. The van der Waals surface area contributed by atoms with Crippen LogP contribution in [0.2, 0.25) is 0 Å². The fourth-order valence-corrected chi connectivity index (χ4v) is 3.47. The van der Waals surface area contributed by atoms with E-state index in [0.717, 1.165) is 12.0 Å². The first-order valence-electron chi connectivity index (χ1n) is 8.34. The predicted octanol–water partition coefficient (Wildman–Crippen LogP) is 3.11.